The van der Waals surface area contributed by atoms with Gasteiger partial charge in [-0.05, 0) is 24.6 Å². The number of hydrogen-bond donors (Lipinski definition) is 2. The normalized spacial score (nSPS) is 10.1. The van der Waals surface area contributed by atoms with Crippen LogP contribution in [0.2, 0.25) is 0 Å². The minimum absolute atomic E-state index is 0.0381. The molecule has 88 valence electrons. The van der Waals surface area contributed by atoms with Crippen molar-refractivity contribution in [2.45, 2.75) is 32.6 Å². The lowest BCUT2D eigenvalue weighted by Gasteiger charge is -2.05. The average Bonchev–Trinajstić information content (AvgIpc) is 2.28. The molecule has 0 heterocycles. The van der Waals surface area contributed by atoms with E-state index in [-0.39, 0.29) is 5.91 Å². The molecule has 0 fully saturated rings. The largest absolute Gasteiger partial charge is 0.399 e. The van der Waals surface area contributed by atoms with Gasteiger partial charge >= 0.3 is 0 Å². The molecule has 0 radical (unpaired) electrons. The third kappa shape index (κ3) is 4.34. The molecule has 0 spiro atoms. The maximum absolute atomic E-state index is 11.7. The summed E-state index contributed by atoms with van der Waals surface area (Å²) in [5, 5.41) is 2.89. The van der Waals surface area contributed by atoms with E-state index in [1.165, 1.54) is 19.3 Å². The fourth-order valence-corrected chi connectivity index (χ4v) is 1.54. The Morgan fingerprint density at radius 3 is 2.81 bits per heavy atom. The minimum Gasteiger partial charge on any atom is -0.399 e. The predicted molar refractivity (Wildman–Crippen MR) is 67.3 cm³/mol. The van der Waals surface area contributed by atoms with Crippen molar-refractivity contribution < 1.29 is 4.79 Å². The van der Waals surface area contributed by atoms with Crippen molar-refractivity contribution in [3.8, 4) is 0 Å². The summed E-state index contributed by atoms with van der Waals surface area (Å²) >= 11 is 0. The number of nitrogens with one attached hydrogen (secondary N) is 1. The monoisotopic (exact) mass is 220 g/mol. The molecular formula is C13H20N2O. The van der Waals surface area contributed by atoms with Crippen molar-refractivity contribution in [3.05, 3.63) is 29.8 Å². The fourth-order valence-electron chi connectivity index (χ4n) is 1.54. The first-order chi connectivity index (χ1) is 7.74. The van der Waals surface area contributed by atoms with Crippen molar-refractivity contribution in [2.24, 2.45) is 0 Å². The molecule has 0 saturated heterocycles. The summed E-state index contributed by atoms with van der Waals surface area (Å²) in [6.07, 6.45) is 4.66. The molecule has 1 amide bonds. The Kier molecular flexibility index (Phi) is 5.40. The Morgan fingerprint density at radius 2 is 2.12 bits per heavy atom. The molecule has 1 aromatic rings. The van der Waals surface area contributed by atoms with Crippen LogP contribution in [0.25, 0.3) is 0 Å². The van der Waals surface area contributed by atoms with Gasteiger partial charge in [0.2, 0.25) is 0 Å². The molecule has 0 aromatic heterocycles. The number of nitrogen functional groups attached to an aromatic ring is 1. The molecular weight excluding hydrogens is 200 g/mol. The molecule has 0 saturated carbocycles. The molecule has 0 atom stereocenters. The van der Waals surface area contributed by atoms with Crippen LogP contribution in [-0.4, -0.2) is 12.5 Å². The first kappa shape index (κ1) is 12.6. The molecule has 0 unspecified atom stereocenters. The van der Waals surface area contributed by atoms with Crippen molar-refractivity contribution in [1.82, 2.24) is 5.32 Å². The Bertz CT molecular complexity index is 336. The van der Waals surface area contributed by atoms with Gasteiger partial charge < -0.3 is 11.1 Å². The Labute approximate surface area is 97.0 Å². The van der Waals surface area contributed by atoms with Gasteiger partial charge in [-0.2, -0.15) is 0 Å². The number of carbonyl (C=O) groups is 1. The van der Waals surface area contributed by atoms with E-state index in [0.29, 0.717) is 11.3 Å². The first-order valence-corrected chi connectivity index (χ1v) is 5.87. The van der Waals surface area contributed by atoms with Crippen LogP contribution < -0.4 is 11.1 Å². The smallest absolute Gasteiger partial charge is 0.251 e. The summed E-state index contributed by atoms with van der Waals surface area (Å²) < 4.78 is 0. The minimum atomic E-state index is -0.0381. The van der Waals surface area contributed by atoms with Gasteiger partial charge in [0.05, 0.1) is 0 Å². The number of rotatable bonds is 6. The van der Waals surface area contributed by atoms with Crippen LogP contribution in [-0.2, 0) is 0 Å². The van der Waals surface area contributed by atoms with E-state index in [4.69, 9.17) is 5.73 Å². The molecule has 1 aromatic carbocycles. The molecule has 16 heavy (non-hydrogen) atoms. The standard InChI is InChI=1S/C13H20N2O/c1-2-3-4-5-9-15-13(16)11-7-6-8-12(14)10-11/h6-8,10H,2-5,9,14H2,1H3,(H,15,16). The molecule has 0 bridgehead atoms. The molecule has 3 heteroatoms. The zero-order valence-corrected chi connectivity index (χ0v) is 9.83. The highest BCUT2D eigenvalue weighted by Gasteiger charge is 2.03. The summed E-state index contributed by atoms with van der Waals surface area (Å²) in [4.78, 5) is 11.7. The van der Waals surface area contributed by atoms with Crippen molar-refractivity contribution in [3.63, 3.8) is 0 Å². The number of unbranched alkanes of at least 4 members (excludes halogenated alkanes) is 3. The zero-order valence-electron chi connectivity index (χ0n) is 9.83. The third-order valence-corrected chi connectivity index (χ3v) is 2.46. The van der Waals surface area contributed by atoms with Crippen LogP contribution in [0, 0.1) is 0 Å². The second-order valence-corrected chi connectivity index (χ2v) is 3.94. The highest BCUT2D eigenvalue weighted by Crippen LogP contribution is 2.06. The van der Waals surface area contributed by atoms with Crippen LogP contribution in [0.15, 0.2) is 24.3 Å². The molecule has 3 nitrogen and oxygen atoms in total. The summed E-state index contributed by atoms with van der Waals surface area (Å²) in [5.41, 5.74) is 6.87. The maximum Gasteiger partial charge on any atom is 0.251 e. The number of amides is 1. The molecule has 0 aliphatic carbocycles. The highest BCUT2D eigenvalue weighted by atomic mass is 16.1. The lowest BCUT2D eigenvalue weighted by atomic mass is 10.2. The van der Waals surface area contributed by atoms with E-state index in [2.05, 4.69) is 12.2 Å². The van der Waals surface area contributed by atoms with Crippen molar-refractivity contribution >= 4 is 11.6 Å². The van der Waals surface area contributed by atoms with Crippen LogP contribution >= 0.6 is 0 Å². The summed E-state index contributed by atoms with van der Waals surface area (Å²) in [5.74, 6) is -0.0381. The maximum atomic E-state index is 11.7. The van der Waals surface area contributed by atoms with Gasteiger partial charge in [-0.3, -0.25) is 4.79 Å². The molecule has 0 aliphatic rings. The van der Waals surface area contributed by atoms with Gasteiger partial charge in [0.1, 0.15) is 0 Å². The van der Waals surface area contributed by atoms with Gasteiger partial charge in [0, 0.05) is 17.8 Å². The van der Waals surface area contributed by atoms with E-state index in [1.54, 1.807) is 24.3 Å². The molecule has 3 N–H and O–H groups in total. The van der Waals surface area contributed by atoms with Gasteiger partial charge in [-0.15, -0.1) is 0 Å². The number of anilines is 1. The van der Waals surface area contributed by atoms with E-state index in [1.807, 2.05) is 0 Å². The van der Waals surface area contributed by atoms with E-state index in [0.717, 1.165) is 13.0 Å². The number of nitrogens with two attached hydrogens (primary N) is 1. The quantitative estimate of drug-likeness (QED) is 0.572. The Hall–Kier alpha value is -1.51. The Balaban J connectivity index is 2.30. The Morgan fingerprint density at radius 1 is 1.31 bits per heavy atom. The van der Waals surface area contributed by atoms with E-state index in [9.17, 15) is 4.79 Å². The van der Waals surface area contributed by atoms with E-state index >= 15 is 0 Å². The fraction of sp³-hybridized carbons (Fsp3) is 0.462. The molecule has 0 aliphatic heterocycles. The van der Waals surface area contributed by atoms with Crippen LogP contribution in [0.3, 0.4) is 0 Å². The van der Waals surface area contributed by atoms with E-state index < -0.39 is 0 Å². The lowest BCUT2D eigenvalue weighted by molar-refractivity contribution is 0.0953. The van der Waals surface area contributed by atoms with Crippen LogP contribution in [0.1, 0.15) is 43.0 Å². The molecule has 1 rings (SSSR count). The number of carbonyl (C=O) groups excluding carboxylic acids is 1. The summed E-state index contributed by atoms with van der Waals surface area (Å²) in [7, 11) is 0. The second kappa shape index (κ2) is 6.88. The SMILES string of the molecule is CCCCCCNC(=O)c1cccc(N)c1. The van der Waals surface area contributed by atoms with Gasteiger partial charge in [0.15, 0.2) is 0 Å². The first-order valence-electron chi connectivity index (χ1n) is 5.87. The van der Waals surface area contributed by atoms with Crippen LogP contribution in [0.5, 0.6) is 0 Å². The second-order valence-electron chi connectivity index (χ2n) is 3.94. The highest BCUT2D eigenvalue weighted by molar-refractivity contribution is 5.94. The number of hydrogen-bond acceptors (Lipinski definition) is 2. The third-order valence-electron chi connectivity index (χ3n) is 2.46. The summed E-state index contributed by atoms with van der Waals surface area (Å²) in [6.45, 7) is 2.92. The van der Waals surface area contributed by atoms with Crippen molar-refractivity contribution in [2.75, 3.05) is 12.3 Å². The topological polar surface area (TPSA) is 55.1 Å². The van der Waals surface area contributed by atoms with Gasteiger partial charge in [0.25, 0.3) is 5.91 Å². The predicted octanol–water partition coefficient (Wildman–Crippen LogP) is 2.58. The van der Waals surface area contributed by atoms with Crippen molar-refractivity contribution in [1.29, 1.82) is 0 Å². The zero-order chi connectivity index (χ0) is 11.8. The lowest BCUT2D eigenvalue weighted by Crippen LogP contribution is -2.24. The number of benzene rings is 1. The van der Waals surface area contributed by atoms with Gasteiger partial charge in [-0.1, -0.05) is 32.3 Å². The summed E-state index contributed by atoms with van der Waals surface area (Å²) in [6, 6.07) is 7.04. The van der Waals surface area contributed by atoms with Crippen LogP contribution in [0.4, 0.5) is 5.69 Å². The van der Waals surface area contributed by atoms with Gasteiger partial charge in [-0.25, -0.2) is 0 Å². The average molecular weight is 220 g/mol.